The van der Waals surface area contributed by atoms with Gasteiger partial charge in [-0.25, -0.2) is 4.57 Å². The van der Waals surface area contributed by atoms with E-state index in [4.69, 9.17) is 14.2 Å². The van der Waals surface area contributed by atoms with Gasteiger partial charge < -0.3 is 19.1 Å². The Kier molecular flexibility index (Phi) is 7.18. The van der Waals surface area contributed by atoms with E-state index in [0.29, 0.717) is 23.8 Å². The summed E-state index contributed by atoms with van der Waals surface area (Å²) in [6.45, 7) is 2.79. The molecule has 7 heteroatoms. The second-order valence-electron chi connectivity index (χ2n) is 7.30. The van der Waals surface area contributed by atoms with E-state index in [-0.39, 0.29) is 0 Å². The van der Waals surface area contributed by atoms with Gasteiger partial charge in [0, 0.05) is 31.8 Å². The molecule has 0 N–H and O–H groups in total. The van der Waals surface area contributed by atoms with Crippen molar-refractivity contribution in [1.82, 2.24) is 4.68 Å². The third kappa shape index (κ3) is 4.99. The first kappa shape index (κ1) is 22.2. The lowest BCUT2D eigenvalue weighted by atomic mass is 10.1. The highest BCUT2D eigenvalue weighted by Crippen LogP contribution is 2.38. The third-order valence-corrected chi connectivity index (χ3v) is 5.12. The third-order valence-electron chi connectivity index (χ3n) is 5.12. The Balaban J connectivity index is 1.85. The van der Waals surface area contributed by atoms with Crippen LogP contribution in [0.15, 0.2) is 53.9 Å². The van der Waals surface area contributed by atoms with E-state index in [0.717, 1.165) is 29.1 Å². The van der Waals surface area contributed by atoms with Crippen molar-refractivity contribution < 1.29 is 18.8 Å². The van der Waals surface area contributed by atoms with Crippen LogP contribution in [-0.4, -0.2) is 46.3 Å². The van der Waals surface area contributed by atoms with Crippen molar-refractivity contribution in [2.45, 2.75) is 19.9 Å². The number of ether oxygens (including phenoxy) is 3. The molecule has 0 unspecified atom stereocenters. The van der Waals surface area contributed by atoms with Crippen molar-refractivity contribution in [1.29, 1.82) is 0 Å². The second kappa shape index (κ2) is 10.0. The normalized spacial score (nSPS) is 11.0. The second-order valence-corrected chi connectivity index (χ2v) is 7.30. The van der Waals surface area contributed by atoms with Gasteiger partial charge >= 0.3 is 0 Å². The lowest BCUT2D eigenvalue weighted by molar-refractivity contribution is -0.695. The smallest absolute Gasteiger partial charge is 0.282 e. The maximum absolute atomic E-state index is 5.48. The van der Waals surface area contributed by atoms with Crippen LogP contribution >= 0.6 is 0 Å². The summed E-state index contributed by atoms with van der Waals surface area (Å²) in [6.07, 6.45) is 6.73. The summed E-state index contributed by atoms with van der Waals surface area (Å²) in [7, 11) is 8.92. The van der Waals surface area contributed by atoms with Gasteiger partial charge in [-0.15, -0.1) is 4.68 Å². The standard InChI is InChI=1S/C24H31N4O3/c1-7-23-27(17-19-14-21(29-4)24(31-6)22(15-19)30-5)12-13-28(23)25-16-18-8-10-20(11-9-18)26(2)3/h8-16H,7,17H2,1-6H3/q+1/b25-16+. The molecule has 3 aromatic rings. The summed E-state index contributed by atoms with van der Waals surface area (Å²) in [6, 6.07) is 12.3. The zero-order valence-corrected chi connectivity index (χ0v) is 19.1. The molecule has 0 saturated carbocycles. The van der Waals surface area contributed by atoms with Crippen molar-refractivity contribution in [3.8, 4) is 17.2 Å². The zero-order valence-electron chi connectivity index (χ0n) is 19.1. The summed E-state index contributed by atoms with van der Waals surface area (Å²) in [5.74, 6) is 2.98. The first-order chi connectivity index (χ1) is 15.0. The molecule has 0 atom stereocenters. The fourth-order valence-electron chi connectivity index (χ4n) is 3.47. The number of anilines is 1. The number of methoxy groups -OCH3 is 3. The van der Waals surface area contributed by atoms with E-state index in [1.807, 2.05) is 49.5 Å². The fraction of sp³-hybridized carbons (Fsp3) is 0.333. The molecule has 0 amide bonds. The molecule has 2 aromatic carbocycles. The molecule has 0 saturated heterocycles. The van der Waals surface area contributed by atoms with E-state index in [2.05, 4.69) is 45.8 Å². The molecular weight excluding hydrogens is 392 g/mol. The number of aromatic nitrogens is 2. The number of benzene rings is 2. The molecular formula is C24H31N4O3+. The topological polar surface area (TPSA) is 52.1 Å². The molecule has 0 aliphatic carbocycles. The molecule has 3 rings (SSSR count). The predicted octanol–water partition coefficient (Wildman–Crippen LogP) is 3.36. The van der Waals surface area contributed by atoms with Gasteiger partial charge in [0.25, 0.3) is 5.82 Å². The van der Waals surface area contributed by atoms with Crippen molar-refractivity contribution in [2.75, 3.05) is 40.3 Å². The van der Waals surface area contributed by atoms with Crippen molar-refractivity contribution in [2.24, 2.45) is 5.10 Å². The summed E-state index contributed by atoms with van der Waals surface area (Å²) in [5.41, 5.74) is 3.27. The highest BCUT2D eigenvalue weighted by atomic mass is 16.5. The summed E-state index contributed by atoms with van der Waals surface area (Å²) in [5, 5.41) is 4.67. The summed E-state index contributed by atoms with van der Waals surface area (Å²) in [4.78, 5) is 2.08. The maximum Gasteiger partial charge on any atom is 0.282 e. The molecule has 0 fully saturated rings. The number of hydrogen-bond donors (Lipinski definition) is 0. The highest BCUT2D eigenvalue weighted by Gasteiger charge is 2.18. The average Bonchev–Trinajstić information content (AvgIpc) is 3.18. The minimum atomic E-state index is 0.594. The Labute approximate surface area is 184 Å². The number of hydrogen-bond acceptors (Lipinski definition) is 5. The fourth-order valence-corrected chi connectivity index (χ4v) is 3.47. The van der Waals surface area contributed by atoms with Crippen LogP contribution in [0.3, 0.4) is 0 Å². The van der Waals surface area contributed by atoms with E-state index in [9.17, 15) is 0 Å². The molecule has 7 nitrogen and oxygen atoms in total. The van der Waals surface area contributed by atoms with E-state index in [1.54, 1.807) is 21.3 Å². The van der Waals surface area contributed by atoms with Crippen LogP contribution in [0.2, 0.25) is 0 Å². The van der Waals surface area contributed by atoms with E-state index >= 15 is 0 Å². The van der Waals surface area contributed by atoms with Gasteiger partial charge in [-0.1, -0.05) is 24.2 Å². The van der Waals surface area contributed by atoms with Crippen molar-refractivity contribution >= 4 is 11.9 Å². The molecule has 0 aliphatic heterocycles. The van der Waals surface area contributed by atoms with Crippen molar-refractivity contribution in [3.05, 3.63) is 65.7 Å². The number of nitrogens with zero attached hydrogens (tertiary/aromatic N) is 4. The molecule has 1 aromatic heterocycles. The quantitative estimate of drug-likeness (QED) is 0.391. The van der Waals surface area contributed by atoms with E-state index in [1.165, 1.54) is 0 Å². The lowest BCUT2D eigenvalue weighted by Crippen LogP contribution is -2.37. The first-order valence-electron chi connectivity index (χ1n) is 10.2. The average molecular weight is 424 g/mol. The molecule has 31 heavy (non-hydrogen) atoms. The Hall–Kier alpha value is -3.48. The largest absolute Gasteiger partial charge is 0.493 e. The van der Waals surface area contributed by atoms with Gasteiger partial charge in [0.1, 0.15) is 12.7 Å². The monoisotopic (exact) mass is 423 g/mol. The van der Waals surface area contributed by atoms with Gasteiger partial charge in [0.05, 0.1) is 27.5 Å². The molecule has 0 aliphatic rings. The van der Waals surface area contributed by atoms with Crippen LogP contribution in [0, 0.1) is 0 Å². The van der Waals surface area contributed by atoms with Crippen LogP contribution in [0.25, 0.3) is 0 Å². The lowest BCUT2D eigenvalue weighted by Gasteiger charge is -2.13. The molecule has 164 valence electrons. The Morgan fingerprint density at radius 3 is 2.16 bits per heavy atom. The molecule has 0 bridgehead atoms. The van der Waals surface area contributed by atoms with E-state index < -0.39 is 0 Å². The van der Waals surface area contributed by atoms with Gasteiger partial charge in [-0.05, 0) is 29.8 Å². The number of rotatable bonds is 9. The van der Waals surface area contributed by atoms with Crippen molar-refractivity contribution in [3.63, 3.8) is 0 Å². The molecule has 0 spiro atoms. The predicted molar refractivity (Wildman–Crippen MR) is 123 cm³/mol. The molecule has 0 radical (unpaired) electrons. The van der Waals surface area contributed by atoms with Crippen LogP contribution in [0.4, 0.5) is 5.69 Å². The highest BCUT2D eigenvalue weighted by molar-refractivity contribution is 5.80. The SMILES string of the molecule is CCc1n(/N=C/c2ccc(N(C)C)cc2)cc[n+]1Cc1cc(OC)c(OC)c(OC)c1. The van der Waals surface area contributed by atoms with Gasteiger partial charge in [0.15, 0.2) is 17.7 Å². The van der Waals surface area contributed by atoms with Crippen LogP contribution < -0.4 is 23.7 Å². The number of imidazole rings is 1. The van der Waals surface area contributed by atoms with Gasteiger partial charge in [-0.3, -0.25) is 0 Å². The zero-order chi connectivity index (χ0) is 22.4. The summed E-state index contributed by atoms with van der Waals surface area (Å²) >= 11 is 0. The Morgan fingerprint density at radius 1 is 1.00 bits per heavy atom. The Bertz CT molecular complexity index is 1010. The molecule has 1 heterocycles. The first-order valence-corrected chi connectivity index (χ1v) is 10.2. The van der Waals surface area contributed by atoms with Crippen LogP contribution in [0.5, 0.6) is 17.2 Å². The van der Waals surface area contributed by atoms with Gasteiger partial charge in [-0.2, -0.15) is 0 Å². The minimum absolute atomic E-state index is 0.594. The Morgan fingerprint density at radius 2 is 1.65 bits per heavy atom. The maximum atomic E-state index is 5.48. The minimum Gasteiger partial charge on any atom is -0.493 e. The summed E-state index contributed by atoms with van der Waals surface area (Å²) < 4.78 is 20.5. The van der Waals surface area contributed by atoms with Crippen LogP contribution in [0.1, 0.15) is 23.9 Å². The van der Waals surface area contributed by atoms with Crippen LogP contribution in [-0.2, 0) is 13.0 Å². The van der Waals surface area contributed by atoms with Gasteiger partial charge in [0.2, 0.25) is 5.75 Å².